The number of aromatic nitrogens is 2. The lowest BCUT2D eigenvalue weighted by Crippen LogP contribution is -2.25. The van der Waals surface area contributed by atoms with Crippen LogP contribution in [0.5, 0.6) is 5.75 Å². The van der Waals surface area contributed by atoms with E-state index in [0.717, 1.165) is 29.9 Å². The third kappa shape index (κ3) is 2.28. The zero-order valence-corrected chi connectivity index (χ0v) is 13.5. The number of hydrogen-bond acceptors (Lipinski definition) is 3. The van der Waals surface area contributed by atoms with Crippen molar-refractivity contribution in [1.29, 1.82) is 0 Å². The summed E-state index contributed by atoms with van der Waals surface area (Å²) in [4.78, 5) is 16.0. The van der Waals surface area contributed by atoms with Crippen LogP contribution in [0.3, 0.4) is 0 Å². The summed E-state index contributed by atoms with van der Waals surface area (Å²) in [7, 11) is 0. The first-order chi connectivity index (χ1) is 11.1. The molecule has 5 heteroatoms. The Labute approximate surface area is 138 Å². The van der Waals surface area contributed by atoms with Crippen molar-refractivity contribution >= 4 is 23.1 Å². The third-order valence-electron chi connectivity index (χ3n) is 4.42. The number of ether oxygens (including phenoxy) is 1. The lowest BCUT2D eigenvalue weighted by Gasteiger charge is -2.17. The van der Waals surface area contributed by atoms with Crippen molar-refractivity contribution in [2.24, 2.45) is 0 Å². The molecule has 0 saturated carbocycles. The fourth-order valence-corrected chi connectivity index (χ4v) is 3.49. The molecule has 4 rings (SSSR count). The first-order valence-corrected chi connectivity index (χ1v) is 8.05. The number of para-hydroxylation sites is 1. The van der Waals surface area contributed by atoms with E-state index in [1.54, 1.807) is 4.57 Å². The number of aromatic amines is 1. The molecule has 0 saturated heterocycles. The van der Waals surface area contributed by atoms with Crippen LogP contribution in [-0.2, 0) is 6.42 Å². The highest BCUT2D eigenvalue weighted by molar-refractivity contribution is 7.71. The molecular formula is C18H16N2O2S. The molecule has 1 atom stereocenters. The number of benzene rings is 2. The van der Waals surface area contributed by atoms with Crippen molar-refractivity contribution in [2.45, 2.75) is 19.4 Å². The molecule has 0 bridgehead atoms. The third-order valence-corrected chi connectivity index (χ3v) is 4.72. The summed E-state index contributed by atoms with van der Waals surface area (Å²) in [5, 5.41) is 0.650. The van der Waals surface area contributed by atoms with Gasteiger partial charge in [-0.2, -0.15) is 0 Å². The summed E-state index contributed by atoms with van der Waals surface area (Å²) < 4.78 is 7.64. The van der Waals surface area contributed by atoms with Gasteiger partial charge in [-0.15, -0.1) is 0 Å². The molecule has 0 unspecified atom stereocenters. The van der Waals surface area contributed by atoms with Crippen LogP contribution in [-0.4, -0.2) is 16.2 Å². The first-order valence-electron chi connectivity index (χ1n) is 7.64. The van der Waals surface area contributed by atoms with E-state index in [4.69, 9.17) is 17.0 Å². The number of hydrogen-bond donors (Lipinski definition) is 1. The van der Waals surface area contributed by atoms with E-state index in [9.17, 15) is 4.79 Å². The molecule has 2 aromatic carbocycles. The minimum atomic E-state index is -0.137. The summed E-state index contributed by atoms with van der Waals surface area (Å²) in [6, 6.07) is 13.4. The molecule has 1 N–H and O–H groups in total. The molecule has 0 spiro atoms. The quantitative estimate of drug-likeness (QED) is 0.733. The van der Waals surface area contributed by atoms with E-state index < -0.39 is 0 Å². The predicted molar refractivity (Wildman–Crippen MR) is 92.8 cm³/mol. The monoisotopic (exact) mass is 324 g/mol. The highest BCUT2D eigenvalue weighted by atomic mass is 32.1. The zero-order valence-electron chi connectivity index (χ0n) is 12.7. The van der Waals surface area contributed by atoms with Crippen LogP contribution in [0.1, 0.15) is 24.1 Å². The highest BCUT2D eigenvalue weighted by Gasteiger charge is 2.17. The molecule has 23 heavy (non-hydrogen) atoms. The standard InChI is InChI=1S/C18H16N2O2S/c1-11(12-6-7-16-13(10-12)8-9-22-16)20-17(21)14-4-2-3-5-15(14)19-18(20)23/h2-7,10-11H,8-9H2,1H3,(H,19,23)/t11-/m1/s1. The van der Waals surface area contributed by atoms with Gasteiger partial charge in [0.15, 0.2) is 4.77 Å². The maximum absolute atomic E-state index is 12.8. The topological polar surface area (TPSA) is 47.0 Å². The molecular weight excluding hydrogens is 308 g/mol. The Kier molecular flexibility index (Phi) is 3.31. The van der Waals surface area contributed by atoms with Crippen LogP contribution in [0.25, 0.3) is 10.9 Å². The lowest BCUT2D eigenvalue weighted by molar-refractivity contribution is 0.356. The van der Waals surface area contributed by atoms with Gasteiger partial charge in [-0.1, -0.05) is 18.2 Å². The van der Waals surface area contributed by atoms with Gasteiger partial charge in [0, 0.05) is 6.42 Å². The van der Waals surface area contributed by atoms with Gasteiger partial charge in [0.25, 0.3) is 5.56 Å². The van der Waals surface area contributed by atoms with Gasteiger partial charge in [0.2, 0.25) is 0 Å². The highest BCUT2D eigenvalue weighted by Crippen LogP contribution is 2.29. The maximum atomic E-state index is 12.8. The average molecular weight is 324 g/mol. The van der Waals surface area contributed by atoms with Crippen LogP contribution >= 0.6 is 12.2 Å². The molecule has 4 nitrogen and oxygen atoms in total. The Morgan fingerprint density at radius 2 is 2.09 bits per heavy atom. The van der Waals surface area contributed by atoms with Gasteiger partial charge in [0.05, 0.1) is 23.6 Å². The average Bonchev–Trinajstić information content (AvgIpc) is 3.02. The van der Waals surface area contributed by atoms with Crippen LogP contribution in [0, 0.1) is 4.77 Å². The zero-order chi connectivity index (χ0) is 16.0. The van der Waals surface area contributed by atoms with E-state index in [1.807, 2.05) is 43.3 Å². The first kappa shape index (κ1) is 14.2. The molecule has 2 heterocycles. The Hall–Kier alpha value is -2.40. The Morgan fingerprint density at radius 1 is 1.26 bits per heavy atom. The van der Waals surface area contributed by atoms with Crippen LogP contribution < -0.4 is 10.3 Å². The summed E-state index contributed by atoms with van der Waals surface area (Å²) in [6.07, 6.45) is 0.912. The van der Waals surface area contributed by atoms with Gasteiger partial charge in [-0.25, -0.2) is 0 Å². The van der Waals surface area contributed by atoms with Crippen molar-refractivity contribution in [1.82, 2.24) is 9.55 Å². The molecule has 0 amide bonds. The molecule has 0 radical (unpaired) electrons. The van der Waals surface area contributed by atoms with E-state index in [1.165, 1.54) is 5.56 Å². The van der Waals surface area contributed by atoms with Crippen molar-refractivity contribution < 1.29 is 4.74 Å². The SMILES string of the molecule is C[C@H](c1ccc2c(c1)CCO2)n1c(=S)[nH]c2ccccc2c1=O. The molecule has 0 aliphatic carbocycles. The predicted octanol–water partition coefficient (Wildman–Crippen LogP) is 3.60. The van der Waals surface area contributed by atoms with E-state index in [-0.39, 0.29) is 11.6 Å². The summed E-state index contributed by atoms with van der Waals surface area (Å²) >= 11 is 5.43. The largest absolute Gasteiger partial charge is 0.493 e. The molecule has 0 fully saturated rings. The molecule has 1 aliphatic rings. The minimum absolute atomic E-state index is 0.0615. The van der Waals surface area contributed by atoms with Crippen molar-refractivity contribution in [3.05, 3.63) is 68.7 Å². The molecule has 1 aromatic heterocycles. The van der Waals surface area contributed by atoms with Gasteiger partial charge < -0.3 is 9.72 Å². The van der Waals surface area contributed by atoms with Gasteiger partial charge >= 0.3 is 0 Å². The van der Waals surface area contributed by atoms with E-state index >= 15 is 0 Å². The number of rotatable bonds is 2. The second kappa shape index (κ2) is 5.35. The number of nitrogens with zero attached hydrogens (tertiary/aromatic N) is 1. The second-order valence-electron chi connectivity index (χ2n) is 5.79. The van der Waals surface area contributed by atoms with Crippen LogP contribution in [0.2, 0.25) is 0 Å². The molecule has 116 valence electrons. The molecule has 3 aromatic rings. The fourth-order valence-electron chi connectivity index (χ4n) is 3.14. The normalized spacial score (nSPS) is 14.5. The lowest BCUT2D eigenvalue weighted by atomic mass is 10.0. The van der Waals surface area contributed by atoms with Crippen molar-refractivity contribution in [2.75, 3.05) is 6.61 Å². The van der Waals surface area contributed by atoms with Gasteiger partial charge in [-0.3, -0.25) is 9.36 Å². The Morgan fingerprint density at radius 3 is 2.96 bits per heavy atom. The fraction of sp³-hybridized carbons (Fsp3) is 0.222. The number of H-pyrrole nitrogens is 1. The molecule has 1 aliphatic heterocycles. The van der Waals surface area contributed by atoms with Gasteiger partial charge in [0.1, 0.15) is 5.75 Å². The summed E-state index contributed by atoms with van der Waals surface area (Å²) in [6.45, 7) is 2.72. The summed E-state index contributed by atoms with van der Waals surface area (Å²) in [5.41, 5.74) is 2.96. The Balaban J connectivity index is 1.88. The van der Waals surface area contributed by atoms with Crippen LogP contribution in [0.15, 0.2) is 47.3 Å². The minimum Gasteiger partial charge on any atom is -0.493 e. The van der Waals surface area contributed by atoms with E-state index in [0.29, 0.717) is 10.2 Å². The maximum Gasteiger partial charge on any atom is 0.262 e. The smallest absolute Gasteiger partial charge is 0.262 e. The second-order valence-corrected chi connectivity index (χ2v) is 6.18. The summed E-state index contributed by atoms with van der Waals surface area (Å²) in [5.74, 6) is 0.942. The van der Waals surface area contributed by atoms with Crippen molar-refractivity contribution in [3.63, 3.8) is 0 Å². The van der Waals surface area contributed by atoms with Crippen molar-refractivity contribution in [3.8, 4) is 5.75 Å². The van der Waals surface area contributed by atoms with Crippen LogP contribution in [0.4, 0.5) is 0 Å². The van der Waals surface area contributed by atoms with E-state index in [2.05, 4.69) is 11.1 Å². The van der Waals surface area contributed by atoms with Gasteiger partial charge in [-0.05, 0) is 54.5 Å². The Bertz CT molecular complexity index is 1020. The number of fused-ring (bicyclic) bond motifs is 2. The number of nitrogens with one attached hydrogen (secondary N) is 1.